The van der Waals surface area contributed by atoms with E-state index in [-0.39, 0.29) is 29.4 Å². The lowest BCUT2D eigenvalue weighted by Crippen LogP contribution is -2.23. The number of hydrogen-bond donors (Lipinski definition) is 0. The number of hydrogen-bond acceptors (Lipinski definition) is 8. The molecule has 0 saturated heterocycles. The van der Waals surface area contributed by atoms with Crippen LogP contribution in [0.25, 0.3) is 10.2 Å². The third kappa shape index (κ3) is 4.79. The first-order valence-corrected chi connectivity index (χ1v) is 12.8. The minimum atomic E-state index is -3.37. The highest BCUT2D eigenvalue weighted by Gasteiger charge is 2.19. The van der Waals surface area contributed by atoms with Crippen LogP contribution >= 0.6 is 11.3 Å². The second kappa shape index (κ2) is 9.36. The third-order valence-corrected chi connectivity index (χ3v) is 7.77. The molecule has 0 unspecified atom stereocenters. The smallest absolute Gasteiger partial charge is 0.326 e. The highest BCUT2D eigenvalue weighted by atomic mass is 32.2. The van der Waals surface area contributed by atoms with Crippen molar-refractivity contribution in [3.63, 3.8) is 0 Å². The van der Waals surface area contributed by atoms with Crippen LogP contribution in [0.2, 0.25) is 0 Å². The molecule has 1 aromatic heterocycles. The minimum absolute atomic E-state index is 0.0300. The van der Waals surface area contributed by atoms with E-state index in [1.165, 1.54) is 35.6 Å². The largest absolute Gasteiger partial charge is 0.486 e. The Hall–Kier alpha value is -3.18. The molecule has 0 fully saturated rings. The second-order valence-corrected chi connectivity index (χ2v) is 10.4. The van der Waals surface area contributed by atoms with Gasteiger partial charge in [-0.3, -0.25) is 9.59 Å². The van der Waals surface area contributed by atoms with Gasteiger partial charge in [-0.15, -0.1) is 0 Å². The van der Waals surface area contributed by atoms with Crippen LogP contribution < -0.4 is 14.3 Å². The first kappa shape index (κ1) is 23.0. The Morgan fingerprint density at radius 3 is 2.39 bits per heavy atom. The fourth-order valence-electron chi connectivity index (χ4n) is 3.30. The van der Waals surface area contributed by atoms with Gasteiger partial charge in [0, 0.05) is 17.7 Å². The maximum absolute atomic E-state index is 12.9. The molecule has 33 heavy (non-hydrogen) atoms. The van der Waals surface area contributed by atoms with E-state index in [9.17, 15) is 18.0 Å². The number of aromatic nitrogens is 1. The molecule has 0 radical (unpaired) electrons. The molecule has 3 aromatic rings. The molecular formula is C22H22N2O7S2. The molecule has 1 amide bonds. The molecule has 11 heteroatoms. The van der Waals surface area contributed by atoms with Gasteiger partial charge in [-0.25, -0.2) is 8.42 Å². The Bertz CT molecular complexity index is 1390. The number of ether oxygens (including phenoxy) is 3. The number of esters is 1. The average molecular weight is 491 g/mol. The topological polar surface area (TPSA) is 113 Å². The molecule has 1 aliphatic heterocycles. The van der Waals surface area contributed by atoms with Crippen LogP contribution in [0.1, 0.15) is 24.2 Å². The van der Waals surface area contributed by atoms with Gasteiger partial charge in [-0.2, -0.15) is 4.99 Å². The molecule has 0 spiro atoms. The number of thiazole rings is 1. The van der Waals surface area contributed by atoms with Gasteiger partial charge < -0.3 is 18.8 Å². The highest BCUT2D eigenvalue weighted by Crippen LogP contribution is 2.35. The summed E-state index contributed by atoms with van der Waals surface area (Å²) in [6.45, 7) is 4.22. The molecule has 2 heterocycles. The minimum Gasteiger partial charge on any atom is -0.486 e. The van der Waals surface area contributed by atoms with Crippen molar-refractivity contribution >= 4 is 43.3 Å². The number of benzene rings is 2. The number of amides is 1. The van der Waals surface area contributed by atoms with Gasteiger partial charge in [0.15, 0.2) is 26.1 Å². The van der Waals surface area contributed by atoms with Crippen LogP contribution in [-0.2, 0) is 25.9 Å². The van der Waals surface area contributed by atoms with Gasteiger partial charge in [-0.1, -0.05) is 18.3 Å². The lowest BCUT2D eigenvalue weighted by Gasteiger charge is -2.18. The molecule has 0 bridgehead atoms. The summed E-state index contributed by atoms with van der Waals surface area (Å²) in [5.74, 6) is 0.0863. The van der Waals surface area contributed by atoms with Crippen molar-refractivity contribution in [1.29, 1.82) is 0 Å². The van der Waals surface area contributed by atoms with Crippen molar-refractivity contribution in [3.05, 3.63) is 46.8 Å². The average Bonchev–Trinajstić information content (AvgIpc) is 3.13. The SMILES string of the molecule is CCOC(=O)Cn1c(=NC(=O)c2ccc(S(=O)(=O)CC)cc2)sc2cc3c(cc21)OCCO3. The van der Waals surface area contributed by atoms with E-state index in [4.69, 9.17) is 14.2 Å². The molecule has 0 atom stereocenters. The van der Waals surface area contributed by atoms with Crippen LogP contribution in [0, 0.1) is 0 Å². The molecular weight excluding hydrogens is 468 g/mol. The van der Waals surface area contributed by atoms with Crippen molar-refractivity contribution in [3.8, 4) is 11.5 Å². The highest BCUT2D eigenvalue weighted by molar-refractivity contribution is 7.91. The van der Waals surface area contributed by atoms with Gasteiger partial charge in [0.25, 0.3) is 5.91 Å². The molecule has 0 saturated carbocycles. The fraction of sp³-hybridized carbons (Fsp3) is 0.318. The van der Waals surface area contributed by atoms with E-state index in [0.29, 0.717) is 35.0 Å². The standard InChI is InChI=1S/C22H22N2O7S2/c1-3-29-20(25)13-24-16-11-17-18(31-10-9-30-17)12-19(16)32-22(24)23-21(26)14-5-7-15(8-6-14)33(27,28)4-2/h5-8,11-12H,3-4,9-10,13H2,1-2H3. The normalized spacial score (nSPS) is 13.8. The fourth-order valence-corrected chi connectivity index (χ4v) is 5.23. The third-order valence-electron chi connectivity index (χ3n) is 4.98. The van der Waals surface area contributed by atoms with Gasteiger partial charge in [0.05, 0.1) is 27.5 Å². The molecule has 2 aromatic carbocycles. The quantitative estimate of drug-likeness (QED) is 0.488. The number of fused-ring (bicyclic) bond motifs is 2. The summed E-state index contributed by atoms with van der Waals surface area (Å²) in [6, 6.07) is 9.19. The number of carbonyl (C=O) groups is 2. The summed E-state index contributed by atoms with van der Waals surface area (Å²) in [7, 11) is -3.37. The Morgan fingerprint density at radius 1 is 1.09 bits per heavy atom. The number of carbonyl (C=O) groups excluding carboxylic acids is 2. The molecule has 0 aliphatic carbocycles. The van der Waals surface area contributed by atoms with E-state index in [2.05, 4.69) is 4.99 Å². The summed E-state index contributed by atoms with van der Waals surface area (Å²) in [6.07, 6.45) is 0. The Kier molecular flexibility index (Phi) is 6.52. The van der Waals surface area contributed by atoms with Crippen molar-refractivity contribution in [2.75, 3.05) is 25.6 Å². The van der Waals surface area contributed by atoms with Gasteiger partial charge in [-0.05, 0) is 31.2 Å². The Labute approximate surface area is 194 Å². The van der Waals surface area contributed by atoms with E-state index < -0.39 is 21.7 Å². The van der Waals surface area contributed by atoms with Crippen molar-refractivity contribution in [2.45, 2.75) is 25.3 Å². The van der Waals surface area contributed by atoms with E-state index in [1.54, 1.807) is 30.5 Å². The second-order valence-electron chi connectivity index (χ2n) is 7.08. The van der Waals surface area contributed by atoms with Crippen molar-refractivity contribution in [2.24, 2.45) is 4.99 Å². The first-order valence-electron chi connectivity index (χ1n) is 10.3. The lowest BCUT2D eigenvalue weighted by molar-refractivity contribution is -0.143. The molecule has 4 rings (SSSR count). The van der Waals surface area contributed by atoms with Crippen molar-refractivity contribution in [1.82, 2.24) is 4.57 Å². The zero-order chi connectivity index (χ0) is 23.6. The summed E-state index contributed by atoms with van der Waals surface area (Å²) >= 11 is 1.23. The summed E-state index contributed by atoms with van der Waals surface area (Å²) in [5.41, 5.74) is 0.893. The van der Waals surface area contributed by atoms with E-state index >= 15 is 0 Å². The van der Waals surface area contributed by atoms with Gasteiger partial charge in [0.2, 0.25) is 0 Å². The van der Waals surface area contributed by atoms with E-state index in [0.717, 1.165) is 4.70 Å². The Morgan fingerprint density at radius 2 is 1.76 bits per heavy atom. The monoisotopic (exact) mass is 490 g/mol. The maximum atomic E-state index is 12.9. The number of sulfone groups is 1. The summed E-state index contributed by atoms with van der Waals surface area (Å²) in [4.78, 5) is 29.8. The number of nitrogens with zero attached hydrogens (tertiary/aromatic N) is 2. The van der Waals surface area contributed by atoms with E-state index in [1.807, 2.05) is 0 Å². The predicted octanol–water partition coefficient (Wildman–Crippen LogP) is 2.57. The van der Waals surface area contributed by atoms with Crippen molar-refractivity contribution < 1.29 is 32.2 Å². The zero-order valence-electron chi connectivity index (χ0n) is 18.1. The molecule has 1 aliphatic rings. The molecule has 9 nitrogen and oxygen atoms in total. The van der Waals surface area contributed by atoms with Gasteiger partial charge >= 0.3 is 5.97 Å². The van der Waals surface area contributed by atoms with Crippen LogP contribution in [0.15, 0.2) is 46.3 Å². The first-order chi connectivity index (χ1) is 15.8. The van der Waals surface area contributed by atoms with Crippen LogP contribution in [0.5, 0.6) is 11.5 Å². The lowest BCUT2D eigenvalue weighted by atomic mass is 10.2. The summed E-state index contributed by atoms with van der Waals surface area (Å²) < 4.78 is 42.7. The predicted molar refractivity (Wildman–Crippen MR) is 122 cm³/mol. The summed E-state index contributed by atoms with van der Waals surface area (Å²) in [5, 5.41) is 0. The Balaban J connectivity index is 1.77. The zero-order valence-corrected chi connectivity index (χ0v) is 19.7. The van der Waals surface area contributed by atoms with Crippen LogP contribution in [0.4, 0.5) is 0 Å². The van der Waals surface area contributed by atoms with Crippen LogP contribution in [0.3, 0.4) is 0 Å². The maximum Gasteiger partial charge on any atom is 0.326 e. The molecule has 0 N–H and O–H groups in total. The van der Waals surface area contributed by atoms with Crippen LogP contribution in [-0.4, -0.2) is 50.4 Å². The van der Waals surface area contributed by atoms with Gasteiger partial charge in [0.1, 0.15) is 19.8 Å². The molecule has 174 valence electrons. The number of rotatable bonds is 6.